The molecule has 0 unspecified atom stereocenters. The minimum absolute atomic E-state index is 0.0231. The van der Waals surface area contributed by atoms with Crippen molar-refractivity contribution in [2.75, 3.05) is 45.9 Å². The number of piperazine rings is 1. The molecule has 2 aliphatic rings. The third-order valence-corrected chi connectivity index (χ3v) is 6.97. The highest BCUT2D eigenvalue weighted by Gasteiger charge is 2.34. The number of carbonyl (C=O) groups excluding carboxylic acids is 1. The molecule has 0 aromatic heterocycles. The Labute approximate surface area is 160 Å². The van der Waals surface area contributed by atoms with E-state index in [0.717, 1.165) is 11.3 Å². The number of hydrogen-bond acceptors (Lipinski definition) is 5. The van der Waals surface area contributed by atoms with Gasteiger partial charge in [-0.25, -0.2) is 8.42 Å². The number of quaternary nitrogens is 1. The van der Waals surface area contributed by atoms with Crippen LogP contribution in [0, 0.1) is 0 Å². The van der Waals surface area contributed by atoms with Crippen molar-refractivity contribution in [3.05, 3.63) is 18.2 Å². The lowest BCUT2D eigenvalue weighted by atomic mass is 10.2. The van der Waals surface area contributed by atoms with E-state index in [-0.39, 0.29) is 16.8 Å². The summed E-state index contributed by atoms with van der Waals surface area (Å²) in [5.74, 6) is 1.06. The molecule has 9 heteroatoms. The van der Waals surface area contributed by atoms with E-state index in [9.17, 15) is 13.2 Å². The highest BCUT2D eigenvalue weighted by molar-refractivity contribution is 7.89. The van der Waals surface area contributed by atoms with Gasteiger partial charge in [0.25, 0.3) is 5.91 Å². The van der Waals surface area contributed by atoms with E-state index < -0.39 is 10.0 Å². The molecule has 2 aliphatic heterocycles. The maximum absolute atomic E-state index is 13.0. The summed E-state index contributed by atoms with van der Waals surface area (Å²) in [6.45, 7) is 7.43. The predicted molar refractivity (Wildman–Crippen MR) is 99.7 cm³/mol. The number of nitrogens with one attached hydrogen (secondary N) is 2. The van der Waals surface area contributed by atoms with Gasteiger partial charge in [0.2, 0.25) is 10.0 Å². The van der Waals surface area contributed by atoms with Gasteiger partial charge in [0.05, 0.1) is 31.1 Å². The van der Waals surface area contributed by atoms with E-state index >= 15 is 0 Å². The molecule has 1 aromatic carbocycles. The Morgan fingerprint density at radius 3 is 2.56 bits per heavy atom. The largest absolute Gasteiger partial charge is 0.486 e. The summed E-state index contributed by atoms with van der Waals surface area (Å²) >= 11 is 0. The molecule has 1 aromatic rings. The van der Waals surface area contributed by atoms with Gasteiger partial charge in [-0.1, -0.05) is 6.92 Å². The minimum Gasteiger partial charge on any atom is -0.486 e. The topological polar surface area (TPSA) is 89.4 Å². The Balaban J connectivity index is 1.64. The van der Waals surface area contributed by atoms with Crippen LogP contribution < -0.4 is 19.7 Å². The molecule has 0 saturated carbocycles. The van der Waals surface area contributed by atoms with Crippen molar-refractivity contribution in [1.82, 2.24) is 9.62 Å². The van der Waals surface area contributed by atoms with E-state index in [4.69, 9.17) is 9.47 Å². The van der Waals surface area contributed by atoms with E-state index in [1.807, 2.05) is 13.8 Å². The van der Waals surface area contributed by atoms with Gasteiger partial charge >= 0.3 is 0 Å². The average molecular weight is 399 g/mol. The molecule has 150 valence electrons. The van der Waals surface area contributed by atoms with Crippen LogP contribution in [-0.2, 0) is 14.8 Å². The smallest absolute Gasteiger partial charge is 0.278 e. The molecule has 0 radical (unpaired) electrons. The van der Waals surface area contributed by atoms with E-state index in [0.29, 0.717) is 57.4 Å². The van der Waals surface area contributed by atoms with Crippen LogP contribution in [0.2, 0.25) is 0 Å². The number of hydrogen-bond donors (Lipinski definition) is 2. The van der Waals surface area contributed by atoms with Crippen LogP contribution in [0.15, 0.2) is 23.1 Å². The van der Waals surface area contributed by atoms with Crippen molar-refractivity contribution in [2.45, 2.75) is 31.2 Å². The quantitative estimate of drug-likeness (QED) is 0.659. The first-order valence-corrected chi connectivity index (χ1v) is 10.9. The van der Waals surface area contributed by atoms with Gasteiger partial charge < -0.3 is 19.7 Å². The number of nitrogens with zero attached hydrogens (tertiary/aromatic N) is 1. The van der Waals surface area contributed by atoms with Crippen LogP contribution in [0.25, 0.3) is 0 Å². The second-order valence-corrected chi connectivity index (χ2v) is 8.82. The van der Waals surface area contributed by atoms with Crippen molar-refractivity contribution >= 4 is 15.9 Å². The van der Waals surface area contributed by atoms with E-state index in [1.165, 1.54) is 10.4 Å². The summed E-state index contributed by atoms with van der Waals surface area (Å²) in [5, 5.41) is 2.91. The van der Waals surface area contributed by atoms with Crippen molar-refractivity contribution in [3.8, 4) is 11.5 Å². The lowest BCUT2D eigenvalue weighted by Gasteiger charge is -2.34. The fourth-order valence-electron chi connectivity index (χ4n) is 3.37. The predicted octanol–water partition coefficient (Wildman–Crippen LogP) is -0.738. The second kappa shape index (κ2) is 8.45. The van der Waals surface area contributed by atoms with Crippen molar-refractivity contribution in [3.63, 3.8) is 0 Å². The molecule has 27 heavy (non-hydrogen) atoms. The lowest BCUT2D eigenvalue weighted by molar-refractivity contribution is -0.917. The van der Waals surface area contributed by atoms with Crippen LogP contribution in [-0.4, -0.2) is 70.6 Å². The summed E-state index contributed by atoms with van der Waals surface area (Å²) in [4.78, 5) is 13.5. The first-order valence-electron chi connectivity index (χ1n) is 9.45. The maximum Gasteiger partial charge on any atom is 0.278 e. The van der Waals surface area contributed by atoms with Gasteiger partial charge in [-0.15, -0.1) is 0 Å². The monoisotopic (exact) mass is 398 g/mol. The number of fused-ring (bicyclic) bond motifs is 1. The Kier molecular flexibility index (Phi) is 6.23. The Hall–Kier alpha value is -1.84. The molecule has 0 spiro atoms. The Morgan fingerprint density at radius 1 is 1.22 bits per heavy atom. The first-order chi connectivity index (χ1) is 12.9. The van der Waals surface area contributed by atoms with Gasteiger partial charge in [0.15, 0.2) is 17.5 Å². The third-order valence-electron chi connectivity index (χ3n) is 5.07. The average Bonchev–Trinajstić information content (AvgIpc) is 2.71. The molecule has 2 heterocycles. The summed E-state index contributed by atoms with van der Waals surface area (Å²) in [6, 6.07) is 4.55. The van der Waals surface area contributed by atoms with Gasteiger partial charge in [0, 0.05) is 12.6 Å². The minimum atomic E-state index is -3.60. The molecule has 2 N–H and O–H groups in total. The molecule has 0 aliphatic carbocycles. The summed E-state index contributed by atoms with van der Waals surface area (Å²) in [6.07, 6.45) is 0.898. The molecule has 3 rings (SSSR count). The lowest BCUT2D eigenvalue weighted by Crippen LogP contribution is -3.19. The van der Waals surface area contributed by atoms with Crippen molar-refractivity contribution in [2.24, 2.45) is 0 Å². The second-order valence-electron chi connectivity index (χ2n) is 6.88. The molecule has 1 saturated heterocycles. The first kappa shape index (κ1) is 19.9. The molecular weight excluding hydrogens is 370 g/mol. The number of carbonyl (C=O) groups is 1. The Bertz CT molecular complexity index is 775. The fraction of sp³-hybridized carbons (Fsp3) is 0.611. The van der Waals surface area contributed by atoms with Gasteiger partial charge in [-0.05, 0) is 25.5 Å². The Morgan fingerprint density at radius 2 is 1.89 bits per heavy atom. The van der Waals surface area contributed by atoms with E-state index in [1.54, 1.807) is 12.1 Å². The third kappa shape index (κ3) is 4.36. The van der Waals surface area contributed by atoms with Crippen LogP contribution >= 0.6 is 0 Å². The van der Waals surface area contributed by atoms with Gasteiger partial charge in [0.1, 0.15) is 13.2 Å². The maximum atomic E-state index is 13.0. The zero-order valence-electron chi connectivity index (χ0n) is 15.9. The van der Waals surface area contributed by atoms with E-state index in [2.05, 4.69) is 5.32 Å². The highest BCUT2D eigenvalue weighted by atomic mass is 32.2. The van der Waals surface area contributed by atoms with Gasteiger partial charge in [-0.2, -0.15) is 4.31 Å². The van der Waals surface area contributed by atoms with Crippen LogP contribution in [0.5, 0.6) is 11.5 Å². The SMILES string of the molecule is CCCNC(=O)[C@H](C)[NH+]1CCN(S(=O)(=O)c2ccc3c(c2)OCCO3)CC1. The molecule has 8 nitrogen and oxygen atoms in total. The standard InChI is InChI=1S/C18H27N3O5S/c1-3-6-19-18(22)14(2)20-7-9-21(10-8-20)27(23,24)15-4-5-16-17(13-15)26-12-11-25-16/h4-5,13-14H,3,6-12H2,1-2H3,(H,19,22)/p+1/t14-/m0/s1. The molecule has 1 atom stereocenters. The normalized spacial score (nSPS) is 19.5. The number of benzene rings is 1. The zero-order chi connectivity index (χ0) is 19.4. The van der Waals surface area contributed by atoms with Gasteiger partial charge in [-0.3, -0.25) is 4.79 Å². The summed E-state index contributed by atoms with van der Waals surface area (Å²) in [5.41, 5.74) is 0. The summed E-state index contributed by atoms with van der Waals surface area (Å²) < 4.78 is 38.4. The number of ether oxygens (including phenoxy) is 2. The molecular formula is C18H28N3O5S+. The van der Waals surface area contributed by atoms with Crippen molar-refractivity contribution in [1.29, 1.82) is 0 Å². The molecule has 1 amide bonds. The number of amides is 1. The molecule has 0 bridgehead atoms. The van der Waals surface area contributed by atoms with Crippen LogP contribution in [0.4, 0.5) is 0 Å². The van der Waals surface area contributed by atoms with Crippen molar-refractivity contribution < 1.29 is 27.6 Å². The van der Waals surface area contributed by atoms with Crippen LogP contribution in [0.3, 0.4) is 0 Å². The summed E-state index contributed by atoms with van der Waals surface area (Å²) in [7, 11) is -3.60. The fourth-order valence-corrected chi connectivity index (χ4v) is 4.82. The zero-order valence-corrected chi connectivity index (χ0v) is 16.7. The highest BCUT2D eigenvalue weighted by Crippen LogP contribution is 2.33. The molecule has 1 fully saturated rings. The number of sulfonamides is 1. The number of rotatable bonds is 6. The van der Waals surface area contributed by atoms with Crippen LogP contribution in [0.1, 0.15) is 20.3 Å².